The molecule has 0 atom stereocenters. The zero-order valence-corrected chi connectivity index (χ0v) is 16.3. The number of benzene rings is 2. The molecule has 1 fully saturated rings. The lowest BCUT2D eigenvalue weighted by atomic mass is 9.98. The number of carbonyl (C=O) groups is 1. The minimum Gasteiger partial charge on any atom is -0.507 e. The van der Waals surface area contributed by atoms with Crippen LogP contribution in [0.2, 0.25) is 0 Å². The predicted octanol–water partition coefficient (Wildman–Crippen LogP) is 4.25. The minimum atomic E-state index is -0.153. The molecule has 2 aliphatic rings. The number of phenolic OH excluding ortho intramolecular Hbond substituents is 1. The SMILES string of the molecule is COc1ccc(C=C2Oc3c(ccc(O)c3CN3CCC(C)CC3)C2=O)cc1. The molecule has 5 heteroatoms. The number of likely N-dealkylation sites (tertiary alicyclic amines) is 1. The second-order valence-corrected chi connectivity index (χ2v) is 7.61. The highest BCUT2D eigenvalue weighted by Gasteiger charge is 2.32. The molecular weight excluding hydrogens is 354 g/mol. The largest absolute Gasteiger partial charge is 0.507 e. The van der Waals surface area contributed by atoms with Crippen molar-refractivity contribution in [2.45, 2.75) is 26.3 Å². The van der Waals surface area contributed by atoms with Crippen molar-refractivity contribution in [2.75, 3.05) is 20.2 Å². The number of hydrogen-bond acceptors (Lipinski definition) is 5. The predicted molar refractivity (Wildman–Crippen MR) is 108 cm³/mol. The third-order valence-corrected chi connectivity index (χ3v) is 5.59. The first-order valence-electron chi connectivity index (χ1n) is 9.70. The Morgan fingerprint density at radius 2 is 1.89 bits per heavy atom. The number of ketones is 1. The normalized spacial score (nSPS) is 18.9. The van der Waals surface area contributed by atoms with E-state index in [2.05, 4.69) is 11.8 Å². The summed E-state index contributed by atoms with van der Waals surface area (Å²) in [7, 11) is 1.62. The van der Waals surface area contributed by atoms with E-state index >= 15 is 0 Å². The number of piperidine rings is 1. The molecule has 2 aromatic carbocycles. The number of methoxy groups -OCH3 is 1. The first kappa shape index (κ1) is 18.6. The summed E-state index contributed by atoms with van der Waals surface area (Å²) in [5, 5.41) is 10.4. The highest BCUT2D eigenvalue weighted by atomic mass is 16.5. The van der Waals surface area contributed by atoms with Crippen molar-refractivity contribution < 1.29 is 19.4 Å². The van der Waals surface area contributed by atoms with Crippen LogP contribution < -0.4 is 9.47 Å². The molecule has 0 radical (unpaired) electrons. The number of fused-ring (bicyclic) bond motifs is 1. The van der Waals surface area contributed by atoms with E-state index in [1.165, 1.54) is 0 Å². The summed E-state index contributed by atoms with van der Waals surface area (Å²) in [6, 6.07) is 10.7. The van der Waals surface area contributed by atoms with Gasteiger partial charge in [-0.3, -0.25) is 9.69 Å². The third kappa shape index (κ3) is 3.62. The average Bonchev–Trinajstić information content (AvgIpc) is 3.02. The molecule has 5 nitrogen and oxygen atoms in total. The van der Waals surface area contributed by atoms with Crippen LogP contribution >= 0.6 is 0 Å². The Morgan fingerprint density at radius 1 is 1.18 bits per heavy atom. The van der Waals surface area contributed by atoms with E-state index in [0.29, 0.717) is 23.4 Å². The summed E-state index contributed by atoms with van der Waals surface area (Å²) < 4.78 is 11.1. The second-order valence-electron chi connectivity index (χ2n) is 7.61. The zero-order chi connectivity index (χ0) is 19.7. The second kappa shape index (κ2) is 7.68. The van der Waals surface area contributed by atoms with Crippen molar-refractivity contribution in [3.8, 4) is 17.2 Å². The Bertz CT molecular complexity index is 909. The van der Waals surface area contributed by atoms with Gasteiger partial charge in [-0.15, -0.1) is 0 Å². The van der Waals surface area contributed by atoms with E-state index in [1.54, 1.807) is 25.3 Å². The van der Waals surface area contributed by atoms with Gasteiger partial charge in [-0.2, -0.15) is 0 Å². The Kier molecular flexibility index (Phi) is 5.09. The number of phenols is 1. The topological polar surface area (TPSA) is 59.0 Å². The molecular formula is C23H25NO4. The van der Waals surface area contributed by atoms with Crippen LogP contribution in [0.5, 0.6) is 17.2 Å². The molecule has 146 valence electrons. The molecule has 1 saturated heterocycles. The molecule has 0 bridgehead atoms. The maximum Gasteiger partial charge on any atom is 0.231 e. The van der Waals surface area contributed by atoms with Crippen LogP contribution in [0.15, 0.2) is 42.2 Å². The number of nitrogens with zero attached hydrogens (tertiary/aromatic N) is 1. The molecule has 4 rings (SSSR count). The van der Waals surface area contributed by atoms with Gasteiger partial charge in [0.1, 0.15) is 17.2 Å². The van der Waals surface area contributed by atoms with Gasteiger partial charge in [0.05, 0.1) is 18.2 Å². The summed E-state index contributed by atoms with van der Waals surface area (Å²) >= 11 is 0. The molecule has 0 amide bonds. The smallest absolute Gasteiger partial charge is 0.231 e. The Labute approximate surface area is 165 Å². The van der Waals surface area contributed by atoms with Gasteiger partial charge >= 0.3 is 0 Å². The average molecular weight is 379 g/mol. The zero-order valence-electron chi connectivity index (χ0n) is 16.3. The molecule has 0 aromatic heterocycles. The van der Waals surface area contributed by atoms with Gasteiger partial charge in [0.2, 0.25) is 5.78 Å². The molecule has 28 heavy (non-hydrogen) atoms. The van der Waals surface area contributed by atoms with Crippen LogP contribution in [-0.2, 0) is 6.54 Å². The van der Waals surface area contributed by atoms with E-state index in [1.807, 2.05) is 24.3 Å². The van der Waals surface area contributed by atoms with Crippen LogP contribution in [0.25, 0.3) is 6.08 Å². The van der Waals surface area contributed by atoms with Gasteiger partial charge in [-0.05, 0) is 67.8 Å². The Hall–Kier alpha value is -2.79. The highest BCUT2D eigenvalue weighted by molar-refractivity contribution is 6.15. The van der Waals surface area contributed by atoms with Crippen molar-refractivity contribution in [2.24, 2.45) is 5.92 Å². The minimum absolute atomic E-state index is 0.153. The summed E-state index contributed by atoms with van der Waals surface area (Å²) in [6.07, 6.45) is 4.03. The number of aromatic hydroxyl groups is 1. The van der Waals surface area contributed by atoms with Crippen LogP contribution in [0.4, 0.5) is 0 Å². The maximum atomic E-state index is 12.8. The fraction of sp³-hybridized carbons (Fsp3) is 0.348. The van der Waals surface area contributed by atoms with E-state index in [0.717, 1.165) is 43.2 Å². The fourth-order valence-electron chi connectivity index (χ4n) is 3.74. The Morgan fingerprint density at radius 3 is 2.57 bits per heavy atom. The van der Waals surface area contributed by atoms with Gasteiger partial charge in [-0.1, -0.05) is 19.1 Å². The Balaban J connectivity index is 1.60. The summed E-state index contributed by atoms with van der Waals surface area (Å²) in [5.41, 5.74) is 2.06. The standard InChI is InChI=1S/C23H25NO4/c1-15-9-11-24(12-10-15)14-19-20(25)8-7-18-22(26)21(28-23(18)19)13-16-3-5-17(27-2)6-4-16/h3-8,13,15,25H,9-12,14H2,1-2H3. The van der Waals surface area contributed by atoms with E-state index in [-0.39, 0.29) is 17.3 Å². The molecule has 1 N–H and O–H groups in total. The van der Waals surface area contributed by atoms with Crippen molar-refractivity contribution in [1.82, 2.24) is 4.90 Å². The van der Waals surface area contributed by atoms with Crippen LogP contribution in [0.3, 0.4) is 0 Å². The van der Waals surface area contributed by atoms with Crippen molar-refractivity contribution >= 4 is 11.9 Å². The van der Waals surface area contributed by atoms with Crippen LogP contribution in [0.1, 0.15) is 41.3 Å². The number of hydrogen-bond donors (Lipinski definition) is 1. The van der Waals surface area contributed by atoms with Gasteiger partial charge in [-0.25, -0.2) is 0 Å². The van der Waals surface area contributed by atoms with E-state index in [4.69, 9.17) is 9.47 Å². The van der Waals surface area contributed by atoms with Crippen LogP contribution in [0, 0.1) is 5.92 Å². The lowest BCUT2D eigenvalue weighted by Gasteiger charge is -2.30. The van der Waals surface area contributed by atoms with E-state index in [9.17, 15) is 9.90 Å². The van der Waals surface area contributed by atoms with Gasteiger partial charge in [0.25, 0.3) is 0 Å². The first-order chi connectivity index (χ1) is 13.5. The lowest BCUT2D eigenvalue weighted by Crippen LogP contribution is -2.32. The van der Waals surface area contributed by atoms with Crippen LogP contribution in [-0.4, -0.2) is 36.0 Å². The molecule has 2 heterocycles. The number of ether oxygens (including phenoxy) is 2. The molecule has 2 aliphatic heterocycles. The fourth-order valence-corrected chi connectivity index (χ4v) is 3.74. The molecule has 0 saturated carbocycles. The maximum absolute atomic E-state index is 12.8. The van der Waals surface area contributed by atoms with Crippen molar-refractivity contribution in [3.63, 3.8) is 0 Å². The number of rotatable bonds is 4. The monoisotopic (exact) mass is 379 g/mol. The molecule has 2 aromatic rings. The summed E-state index contributed by atoms with van der Waals surface area (Å²) in [4.78, 5) is 15.1. The van der Waals surface area contributed by atoms with E-state index < -0.39 is 0 Å². The number of allylic oxidation sites excluding steroid dienone is 1. The summed E-state index contributed by atoms with van der Waals surface area (Å²) in [5.74, 6) is 2.29. The third-order valence-electron chi connectivity index (χ3n) is 5.59. The van der Waals surface area contributed by atoms with Crippen molar-refractivity contribution in [1.29, 1.82) is 0 Å². The van der Waals surface area contributed by atoms with Gasteiger partial charge in [0, 0.05) is 6.54 Å². The molecule has 0 unspecified atom stereocenters. The molecule has 0 aliphatic carbocycles. The van der Waals surface area contributed by atoms with Gasteiger partial charge < -0.3 is 14.6 Å². The first-order valence-corrected chi connectivity index (χ1v) is 9.70. The lowest BCUT2D eigenvalue weighted by molar-refractivity contribution is 0.101. The van der Waals surface area contributed by atoms with Gasteiger partial charge in [0.15, 0.2) is 5.76 Å². The highest BCUT2D eigenvalue weighted by Crippen LogP contribution is 2.40. The van der Waals surface area contributed by atoms with Crippen molar-refractivity contribution in [3.05, 3.63) is 58.8 Å². The molecule has 0 spiro atoms. The quantitative estimate of drug-likeness (QED) is 0.805. The number of Topliss-reactive ketones (excluding diaryl/α,β-unsaturated/α-hetero) is 1. The summed E-state index contributed by atoms with van der Waals surface area (Å²) in [6.45, 7) is 4.84. The number of carbonyl (C=O) groups excluding carboxylic acids is 1.